The summed E-state index contributed by atoms with van der Waals surface area (Å²) in [6.45, 7) is 1.83. The van der Waals surface area contributed by atoms with Crippen LogP contribution in [0.15, 0.2) is 55.0 Å². The van der Waals surface area contributed by atoms with Gasteiger partial charge in [-0.1, -0.05) is 0 Å². The summed E-state index contributed by atoms with van der Waals surface area (Å²) in [5.41, 5.74) is 4.41. The van der Waals surface area contributed by atoms with E-state index in [1.807, 2.05) is 13.0 Å². The molecule has 0 spiro atoms. The molecule has 4 aromatic rings. The third-order valence-electron chi connectivity index (χ3n) is 4.31. The number of methoxy groups -OCH3 is 1. The number of pyridine rings is 1. The summed E-state index contributed by atoms with van der Waals surface area (Å²) in [5, 5.41) is 0. The van der Waals surface area contributed by atoms with E-state index in [-0.39, 0.29) is 11.6 Å². The number of hydrogen-bond donors (Lipinski definition) is 0. The van der Waals surface area contributed by atoms with Crippen LogP contribution in [0, 0.1) is 18.6 Å². The molecule has 0 saturated heterocycles. The lowest BCUT2D eigenvalue weighted by atomic mass is 10.0. The molecule has 0 aliphatic heterocycles. The van der Waals surface area contributed by atoms with Gasteiger partial charge in [0.2, 0.25) is 0 Å². The smallest absolute Gasteiger partial charge is 0.167 e. The molecule has 0 amide bonds. The molecule has 130 valence electrons. The number of aryl methyl sites for hydroxylation is 1. The number of imidazole rings is 1. The number of halogens is 2. The predicted molar refractivity (Wildman–Crippen MR) is 95.5 cm³/mol. The predicted octanol–water partition coefficient (Wildman–Crippen LogP) is 4.68. The molecule has 0 atom stereocenters. The van der Waals surface area contributed by atoms with E-state index < -0.39 is 5.82 Å². The first kappa shape index (κ1) is 16.2. The summed E-state index contributed by atoms with van der Waals surface area (Å²) >= 11 is 0. The summed E-state index contributed by atoms with van der Waals surface area (Å²) in [4.78, 5) is 8.75. The third kappa shape index (κ3) is 2.69. The Hall–Kier alpha value is -3.28. The Labute approximate surface area is 148 Å². The number of rotatable bonds is 3. The van der Waals surface area contributed by atoms with E-state index in [2.05, 4.69) is 9.97 Å². The van der Waals surface area contributed by atoms with Crippen LogP contribution in [0.25, 0.3) is 28.0 Å². The van der Waals surface area contributed by atoms with Gasteiger partial charge < -0.3 is 4.74 Å². The topological polar surface area (TPSA) is 39.9 Å². The van der Waals surface area contributed by atoms with Gasteiger partial charge in [-0.25, -0.2) is 13.8 Å². The molecule has 0 bridgehead atoms. The number of nitrogens with zero attached hydrogens (tertiary/aromatic N) is 3. The zero-order valence-corrected chi connectivity index (χ0v) is 14.2. The fourth-order valence-electron chi connectivity index (χ4n) is 2.98. The highest BCUT2D eigenvalue weighted by molar-refractivity contribution is 5.81. The lowest BCUT2D eigenvalue weighted by Gasteiger charge is -2.09. The number of ether oxygens (including phenoxy) is 1. The maximum absolute atomic E-state index is 14.1. The van der Waals surface area contributed by atoms with Crippen LogP contribution >= 0.6 is 0 Å². The van der Waals surface area contributed by atoms with Crippen molar-refractivity contribution in [3.05, 3.63) is 72.2 Å². The summed E-state index contributed by atoms with van der Waals surface area (Å²) < 4.78 is 34.2. The minimum Gasteiger partial charge on any atom is -0.494 e. The fraction of sp³-hybridized carbons (Fsp3) is 0.100. The van der Waals surface area contributed by atoms with Crippen LogP contribution in [0.2, 0.25) is 0 Å². The maximum atomic E-state index is 14.1. The molecule has 2 heterocycles. The van der Waals surface area contributed by atoms with Gasteiger partial charge >= 0.3 is 0 Å². The number of hydrogen-bond acceptors (Lipinski definition) is 3. The molecular weight excluding hydrogens is 336 g/mol. The minimum atomic E-state index is -0.449. The fourth-order valence-corrected chi connectivity index (χ4v) is 2.98. The van der Waals surface area contributed by atoms with Crippen molar-refractivity contribution in [3.63, 3.8) is 0 Å². The van der Waals surface area contributed by atoms with E-state index >= 15 is 0 Å². The monoisotopic (exact) mass is 351 g/mol. The first-order chi connectivity index (χ1) is 12.6. The van der Waals surface area contributed by atoms with Crippen LogP contribution in [-0.4, -0.2) is 21.6 Å². The molecule has 6 heteroatoms. The molecule has 4 nitrogen and oxygen atoms in total. The van der Waals surface area contributed by atoms with E-state index in [0.29, 0.717) is 16.9 Å². The Morgan fingerprint density at radius 2 is 1.85 bits per heavy atom. The molecule has 0 aliphatic rings. The molecule has 2 aromatic carbocycles. The largest absolute Gasteiger partial charge is 0.494 e. The number of fused-ring (bicyclic) bond motifs is 1. The molecule has 0 unspecified atom stereocenters. The van der Waals surface area contributed by atoms with Crippen molar-refractivity contribution in [3.8, 4) is 22.7 Å². The second kappa shape index (κ2) is 6.22. The Bertz CT molecular complexity index is 1120. The van der Waals surface area contributed by atoms with Gasteiger partial charge in [0.1, 0.15) is 17.7 Å². The van der Waals surface area contributed by atoms with E-state index in [9.17, 15) is 8.78 Å². The van der Waals surface area contributed by atoms with Gasteiger partial charge in [-0.2, -0.15) is 0 Å². The Morgan fingerprint density at radius 1 is 1.00 bits per heavy atom. The highest BCUT2D eigenvalue weighted by atomic mass is 19.1. The summed E-state index contributed by atoms with van der Waals surface area (Å²) in [7, 11) is 1.42. The van der Waals surface area contributed by atoms with Crippen LogP contribution in [-0.2, 0) is 0 Å². The average molecular weight is 351 g/mol. The second-order valence-corrected chi connectivity index (χ2v) is 5.95. The van der Waals surface area contributed by atoms with Gasteiger partial charge in [-0.15, -0.1) is 0 Å². The molecular formula is C20H15F2N3O. The van der Waals surface area contributed by atoms with Crippen molar-refractivity contribution in [2.75, 3.05) is 7.11 Å². The second-order valence-electron chi connectivity index (χ2n) is 5.95. The zero-order valence-electron chi connectivity index (χ0n) is 14.2. The lowest BCUT2D eigenvalue weighted by molar-refractivity contribution is 0.386. The number of benzene rings is 2. The first-order valence-electron chi connectivity index (χ1n) is 8.00. The van der Waals surface area contributed by atoms with Crippen molar-refractivity contribution < 1.29 is 13.5 Å². The molecule has 0 fully saturated rings. The molecule has 2 aromatic heterocycles. The van der Waals surface area contributed by atoms with Crippen LogP contribution in [0.3, 0.4) is 0 Å². The van der Waals surface area contributed by atoms with E-state index in [1.54, 1.807) is 35.3 Å². The van der Waals surface area contributed by atoms with E-state index in [0.717, 1.165) is 16.6 Å². The SMILES string of the molecule is COc1ccc(-n2cnc3cnc(-c4ccc(F)cc4C)cc32)cc1F. The standard InChI is InChI=1S/C20H15F2N3O/c1-12-7-13(21)3-5-15(12)17-9-19-18(10-23-17)24-11-25(19)14-4-6-20(26-2)16(22)8-14/h3-11H,1-2H3. The Balaban J connectivity index is 1.86. The van der Waals surface area contributed by atoms with Crippen molar-refractivity contribution in [2.24, 2.45) is 0 Å². The van der Waals surface area contributed by atoms with Crippen molar-refractivity contribution in [1.82, 2.24) is 14.5 Å². The molecule has 0 saturated carbocycles. The van der Waals surface area contributed by atoms with Crippen LogP contribution in [0.1, 0.15) is 5.56 Å². The molecule has 0 aliphatic carbocycles. The first-order valence-corrected chi connectivity index (χ1v) is 8.00. The van der Waals surface area contributed by atoms with Crippen LogP contribution in [0.5, 0.6) is 5.75 Å². The van der Waals surface area contributed by atoms with Crippen LogP contribution < -0.4 is 4.74 Å². The highest BCUT2D eigenvalue weighted by Gasteiger charge is 2.12. The van der Waals surface area contributed by atoms with E-state index in [1.165, 1.54) is 25.3 Å². The molecule has 4 rings (SSSR count). The Morgan fingerprint density at radius 3 is 2.58 bits per heavy atom. The minimum absolute atomic E-state index is 0.183. The summed E-state index contributed by atoms with van der Waals surface area (Å²) in [5.74, 6) is -0.552. The normalized spacial score (nSPS) is 11.1. The molecule has 0 N–H and O–H groups in total. The lowest BCUT2D eigenvalue weighted by Crippen LogP contribution is -1.96. The highest BCUT2D eigenvalue weighted by Crippen LogP contribution is 2.27. The van der Waals surface area contributed by atoms with Crippen molar-refractivity contribution >= 4 is 11.0 Å². The van der Waals surface area contributed by atoms with Gasteiger partial charge in [0, 0.05) is 11.6 Å². The quantitative estimate of drug-likeness (QED) is 0.538. The average Bonchev–Trinajstić information content (AvgIpc) is 3.04. The summed E-state index contributed by atoms with van der Waals surface area (Å²) in [6, 6.07) is 11.2. The van der Waals surface area contributed by atoms with Gasteiger partial charge in [0.05, 0.1) is 30.2 Å². The van der Waals surface area contributed by atoms with Crippen molar-refractivity contribution in [2.45, 2.75) is 6.92 Å². The number of aromatic nitrogens is 3. The zero-order chi connectivity index (χ0) is 18.3. The van der Waals surface area contributed by atoms with Crippen LogP contribution in [0.4, 0.5) is 8.78 Å². The third-order valence-corrected chi connectivity index (χ3v) is 4.31. The van der Waals surface area contributed by atoms with Crippen molar-refractivity contribution in [1.29, 1.82) is 0 Å². The van der Waals surface area contributed by atoms with Gasteiger partial charge in [0.15, 0.2) is 11.6 Å². The maximum Gasteiger partial charge on any atom is 0.167 e. The molecule has 0 radical (unpaired) electrons. The molecule has 26 heavy (non-hydrogen) atoms. The Kier molecular flexibility index (Phi) is 3.88. The summed E-state index contributed by atoms with van der Waals surface area (Å²) in [6.07, 6.45) is 3.28. The van der Waals surface area contributed by atoms with Gasteiger partial charge in [-0.05, 0) is 48.9 Å². The van der Waals surface area contributed by atoms with Gasteiger partial charge in [-0.3, -0.25) is 9.55 Å². The van der Waals surface area contributed by atoms with Gasteiger partial charge in [0.25, 0.3) is 0 Å². The van der Waals surface area contributed by atoms with E-state index in [4.69, 9.17) is 4.74 Å².